The van der Waals surface area contributed by atoms with Crippen molar-refractivity contribution in [1.29, 1.82) is 0 Å². The van der Waals surface area contributed by atoms with Crippen LogP contribution in [-0.4, -0.2) is 68.7 Å². The van der Waals surface area contributed by atoms with Crippen LogP contribution in [0.2, 0.25) is 0 Å². The van der Waals surface area contributed by atoms with Gasteiger partial charge in [-0.15, -0.1) is 10.2 Å². The van der Waals surface area contributed by atoms with Gasteiger partial charge in [0.05, 0.1) is 32.7 Å². The van der Waals surface area contributed by atoms with Crippen molar-refractivity contribution in [3.8, 4) is 17.2 Å². The zero-order chi connectivity index (χ0) is 26.7. The van der Waals surface area contributed by atoms with Crippen LogP contribution < -0.4 is 9.46 Å². The van der Waals surface area contributed by atoms with Gasteiger partial charge in [-0.3, -0.25) is 9.29 Å². The number of aliphatic hydroxyl groups is 1. The van der Waals surface area contributed by atoms with E-state index in [0.29, 0.717) is 0 Å². The summed E-state index contributed by atoms with van der Waals surface area (Å²) in [4.78, 5) is 11.5. The molecule has 3 heterocycles. The second-order valence-corrected chi connectivity index (χ2v) is 9.52. The number of methoxy groups -OCH3 is 2. The number of nitrogens with one attached hydrogen (secondary N) is 1. The van der Waals surface area contributed by atoms with Crippen molar-refractivity contribution in [3.63, 3.8) is 0 Å². The van der Waals surface area contributed by atoms with E-state index in [-0.39, 0.29) is 46.4 Å². The van der Waals surface area contributed by atoms with Crippen LogP contribution >= 0.6 is 0 Å². The van der Waals surface area contributed by atoms with E-state index in [4.69, 9.17) is 9.47 Å². The molecule has 3 aromatic rings. The lowest BCUT2D eigenvalue weighted by molar-refractivity contribution is 0.166. The normalized spacial score (nSPS) is 14.5. The number of hydrogen-bond donors (Lipinski definition) is 3. The number of para-hydroxylation sites is 1. The molecule has 192 valence electrons. The summed E-state index contributed by atoms with van der Waals surface area (Å²) >= 11 is 0. The molecule has 0 radical (unpaired) electrons. The zero-order valence-electron chi connectivity index (χ0n) is 19.6. The molecular formula is C22H20FN7O6S. The lowest BCUT2D eigenvalue weighted by atomic mass is 10.2. The zero-order valence-corrected chi connectivity index (χ0v) is 20.4. The highest BCUT2D eigenvalue weighted by molar-refractivity contribution is 7.93. The number of nitrogens with zero attached hydrogens (tertiary/aromatic N) is 6. The summed E-state index contributed by atoms with van der Waals surface area (Å²) in [6, 6.07) is 4.41. The number of aromatic nitrogens is 5. The Balaban J connectivity index is 1.82. The lowest BCUT2D eigenvalue weighted by Crippen LogP contribution is -2.32. The van der Waals surface area contributed by atoms with Crippen LogP contribution in [0.3, 0.4) is 0 Å². The number of benzene rings is 1. The molecule has 1 aliphatic heterocycles. The third kappa shape index (κ3) is 5.06. The van der Waals surface area contributed by atoms with E-state index in [1.165, 1.54) is 45.4 Å². The van der Waals surface area contributed by atoms with Crippen LogP contribution in [-0.2, 0) is 14.8 Å². The van der Waals surface area contributed by atoms with Gasteiger partial charge < -0.3 is 19.7 Å². The second kappa shape index (κ2) is 10.2. The fraction of sp³-hybridized carbons (Fsp3) is 0.227. The Morgan fingerprint density at radius 3 is 2.57 bits per heavy atom. The number of aliphatic imine (C=N–C) groups is 1. The largest absolute Gasteiger partial charge is 0.506 e. The molecule has 0 aliphatic carbocycles. The van der Waals surface area contributed by atoms with E-state index in [2.05, 4.69) is 41.3 Å². The van der Waals surface area contributed by atoms with E-state index in [9.17, 15) is 23.0 Å². The van der Waals surface area contributed by atoms with Gasteiger partial charge in [0.25, 0.3) is 0 Å². The van der Waals surface area contributed by atoms with Gasteiger partial charge >= 0.3 is 0 Å². The molecule has 0 saturated carbocycles. The molecule has 1 aromatic carbocycles. The highest BCUT2D eigenvalue weighted by Gasteiger charge is 2.34. The molecule has 0 unspecified atom stereocenters. The monoisotopic (exact) mass is 529 g/mol. The Bertz CT molecular complexity index is 1570. The summed E-state index contributed by atoms with van der Waals surface area (Å²) < 4.78 is 53.5. The number of rotatable bonds is 8. The van der Waals surface area contributed by atoms with Crippen molar-refractivity contribution in [3.05, 3.63) is 65.6 Å². The minimum atomic E-state index is -4.40. The van der Waals surface area contributed by atoms with Crippen LogP contribution in [0.4, 0.5) is 10.3 Å². The van der Waals surface area contributed by atoms with Crippen LogP contribution in [0, 0.1) is 5.82 Å². The summed E-state index contributed by atoms with van der Waals surface area (Å²) in [6.45, 7) is 1.20. The molecule has 0 fully saturated rings. The van der Waals surface area contributed by atoms with Crippen molar-refractivity contribution in [2.45, 2.75) is 18.3 Å². The van der Waals surface area contributed by atoms with Crippen LogP contribution in [0.1, 0.15) is 24.7 Å². The van der Waals surface area contributed by atoms with Gasteiger partial charge in [-0.2, -0.15) is 0 Å². The molecule has 0 amide bonds. The average Bonchev–Trinajstić information content (AvgIpc) is 3.30. The van der Waals surface area contributed by atoms with Crippen LogP contribution in [0.25, 0.3) is 11.4 Å². The first-order valence-corrected chi connectivity index (χ1v) is 12.0. The first kappa shape index (κ1) is 25.5. The van der Waals surface area contributed by atoms with Crippen molar-refractivity contribution < 1.29 is 32.5 Å². The Morgan fingerprint density at radius 1 is 1.16 bits per heavy atom. The van der Waals surface area contributed by atoms with Crippen LogP contribution in [0.5, 0.6) is 11.5 Å². The molecule has 2 aromatic heterocycles. The minimum absolute atomic E-state index is 0.00390. The molecular weight excluding hydrogens is 509 g/mol. The third-order valence-corrected chi connectivity index (χ3v) is 6.89. The maximum atomic E-state index is 13.2. The van der Waals surface area contributed by atoms with Crippen molar-refractivity contribution in [2.24, 2.45) is 4.99 Å². The summed E-state index contributed by atoms with van der Waals surface area (Å²) in [7, 11) is -1.64. The number of ether oxygens (including phenoxy) is 2. The predicted octanol–water partition coefficient (Wildman–Crippen LogP) is 1.48. The van der Waals surface area contributed by atoms with Crippen molar-refractivity contribution >= 4 is 27.6 Å². The first-order valence-electron chi connectivity index (χ1n) is 10.5. The van der Waals surface area contributed by atoms with E-state index in [1.54, 1.807) is 0 Å². The van der Waals surface area contributed by atoms with E-state index >= 15 is 0 Å². The second-order valence-electron chi connectivity index (χ2n) is 7.48. The van der Waals surface area contributed by atoms with Gasteiger partial charge in [0.15, 0.2) is 23.2 Å². The Labute approximate surface area is 210 Å². The number of aromatic hydroxyl groups is 1. The molecule has 4 rings (SSSR count). The predicted molar refractivity (Wildman–Crippen MR) is 128 cm³/mol. The van der Waals surface area contributed by atoms with Crippen LogP contribution in [0.15, 0.2) is 53.1 Å². The molecule has 37 heavy (non-hydrogen) atoms. The number of phenols is 1. The Kier molecular flexibility index (Phi) is 7.05. The molecule has 1 aliphatic rings. The number of halogens is 1. The number of sulfonamides is 1. The summed E-state index contributed by atoms with van der Waals surface area (Å²) in [5, 5.41) is 27.7. The summed E-state index contributed by atoms with van der Waals surface area (Å²) in [5.74, 6) is -1.42. The maximum Gasteiger partial charge on any atom is 0.243 e. The Morgan fingerprint density at radius 2 is 1.89 bits per heavy atom. The SMILES string of the molecule is COC1=NC(c2nnc(NS(=O)(=O)[C@@H](C)[C@H](O)c3ncc(F)cn3)n2-c2c(O)cccc2OC)=C=C=C1. The fourth-order valence-electron chi connectivity index (χ4n) is 3.24. The van der Waals surface area contributed by atoms with E-state index in [0.717, 1.165) is 17.0 Å². The van der Waals surface area contributed by atoms with Gasteiger partial charge in [-0.05, 0) is 24.8 Å². The molecule has 2 atom stereocenters. The number of phenolic OH excluding ortho intramolecular Hbond substituents is 1. The fourth-order valence-corrected chi connectivity index (χ4v) is 4.27. The highest BCUT2D eigenvalue weighted by Crippen LogP contribution is 2.36. The van der Waals surface area contributed by atoms with Gasteiger partial charge in [-0.1, -0.05) is 11.8 Å². The summed E-state index contributed by atoms with van der Waals surface area (Å²) in [5.41, 5.74) is 5.52. The maximum absolute atomic E-state index is 13.2. The third-order valence-electron chi connectivity index (χ3n) is 5.19. The van der Waals surface area contributed by atoms with Gasteiger partial charge in [0, 0.05) is 0 Å². The standard InChI is InChI=1S/C22H20FN7O6S/c1-12(19(32)20-24-10-13(23)11-25-20)37(33,34)29-22-28-27-21(14-6-4-9-17(26-14)36-3)30(22)18-15(31)7-5-8-16(18)35-2/h5,7-12,19,31-32H,1-3H3,(H,28,29)/t12-,19-/m0/s1. The molecule has 0 saturated heterocycles. The minimum Gasteiger partial charge on any atom is -0.506 e. The number of aliphatic hydroxyl groups excluding tert-OH is 1. The van der Waals surface area contributed by atoms with Gasteiger partial charge in [0.2, 0.25) is 21.9 Å². The van der Waals surface area contributed by atoms with E-state index in [1.807, 2.05) is 0 Å². The highest BCUT2D eigenvalue weighted by atomic mass is 32.2. The van der Waals surface area contributed by atoms with Gasteiger partial charge in [0.1, 0.15) is 28.5 Å². The first-order chi connectivity index (χ1) is 17.7. The molecule has 3 N–H and O–H groups in total. The van der Waals surface area contributed by atoms with Gasteiger partial charge in [-0.25, -0.2) is 27.8 Å². The summed E-state index contributed by atoms with van der Waals surface area (Å²) in [6.07, 6.45) is 1.33. The van der Waals surface area contributed by atoms with Crippen molar-refractivity contribution in [1.82, 2.24) is 24.7 Å². The topological polar surface area (TPSA) is 174 Å². The number of hydrogen-bond acceptors (Lipinski definition) is 11. The molecule has 15 heteroatoms. The molecule has 13 nitrogen and oxygen atoms in total. The lowest BCUT2D eigenvalue weighted by Gasteiger charge is -2.20. The quantitative estimate of drug-likeness (QED) is 0.363. The molecule has 0 spiro atoms. The van der Waals surface area contributed by atoms with E-state index < -0.39 is 27.2 Å². The Hall–Kier alpha value is -4.55. The average molecular weight is 530 g/mol. The number of anilines is 1. The van der Waals surface area contributed by atoms with Crippen molar-refractivity contribution in [2.75, 3.05) is 18.9 Å². The molecule has 0 bridgehead atoms. The smallest absolute Gasteiger partial charge is 0.243 e.